The van der Waals surface area contributed by atoms with Crippen LogP contribution in [0.3, 0.4) is 0 Å². The Morgan fingerprint density at radius 2 is 2.00 bits per heavy atom. The number of nitrogens with zero attached hydrogens (tertiary/aromatic N) is 5. The van der Waals surface area contributed by atoms with Crippen molar-refractivity contribution >= 4 is 28.7 Å². The topological polar surface area (TPSA) is 130 Å². The first-order valence-corrected chi connectivity index (χ1v) is 11.1. The molecule has 1 fully saturated rings. The van der Waals surface area contributed by atoms with Crippen LogP contribution in [0.1, 0.15) is 43.9 Å². The van der Waals surface area contributed by atoms with Crippen LogP contribution in [0.25, 0.3) is 11.2 Å². The lowest BCUT2D eigenvalue weighted by atomic mass is 9.73. The largest absolute Gasteiger partial charge is 0.368 e. The Kier molecular flexibility index (Phi) is 4.63. The van der Waals surface area contributed by atoms with Crippen molar-refractivity contribution in [1.29, 1.82) is 0 Å². The molecule has 1 aromatic carbocycles. The minimum absolute atomic E-state index is 0.0914. The SMILES string of the molecule is CN(c1n[nH]c2nc(N3CCC4(CC3)Cc3ccccc3[C@H]4N)cnc12)C(C)(C)C(N)=O. The number of rotatable bonds is 4. The number of aromatic amines is 1. The van der Waals surface area contributed by atoms with E-state index in [1.54, 1.807) is 32.0 Å². The van der Waals surface area contributed by atoms with Crippen molar-refractivity contribution in [3.05, 3.63) is 41.6 Å². The number of H-pyrrole nitrogens is 1. The lowest BCUT2D eigenvalue weighted by Crippen LogP contribution is -2.52. The number of anilines is 2. The summed E-state index contributed by atoms with van der Waals surface area (Å²) in [6.45, 7) is 5.29. The summed E-state index contributed by atoms with van der Waals surface area (Å²) in [7, 11) is 1.78. The highest BCUT2D eigenvalue weighted by atomic mass is 16.1. The van der Waals surface area contributed by atoms with Gasteiger partial charge in [0.05, 0.1) is 6.20 Å². The Hall–Kier alpha value is -3.20. The number of nitrogens with two attached hydrogens (primary N) is 2. The molecular formula is C23H30N8O. The lowest BCUT2D eigenvalue weighted by molar-refractivity contribution is -0.122. The average Bonchev–Trinajstić information content (AvgIpc) is 3.32. The van der Waals surface area contributed by atoms with Gasteiger partial charge in [-0.3, -0.25) is 9.89 Å². The molecule has 1 atom stereocenters. The standard InChI is InChI=1S/C23H30N8O/c1-22(2,21(25)32)30(3)20-17-19(28-29-20)27-16(13-26-17)31-10-8-23(9-11-31)12-14-6-4-5-7-15(14)18(23)24/h4-7,13,18H,8-12,24H2,1-3H3,(H2,25,32)(H,27,28,29)/t18-/m1/s1. The minimum Gasteiger partial charge on any atom is -0.368 e. The molecule has 1 spiro atoms. The number of carbonyl (C=O) groups is 1. The summed E-state index contributed by atoms with van der Waals surface area (Å²) in [5.74, 6) is 0.939. The van der Waals surface area contributed by atoms with E-state index in [0.29, 0.717) is 17.0 Å². The third-order valence-electron chi connectivity index (χ3n) is 7.67. The second kappa shape index (κ2) is 7.16. The van der Waals surface area contributed by atoms with Crippen molar-refractivity contribution in [2.45, 2.75) is 44.7 Å². The zero-order chi connectivity index (χ0) is 22.7. The highest BCUT2D eigenvalue weighted by Crippen LogP contribution is 2.50. The van der Waals surface area contributed by atoms with E-state index in [9.17, 15) is 4.79 Å². The number of aromatic nitrogens is 4. The average molecular weight is 435 g/mol. The first kappa shape index (κ1) is 20.7. The van der Waals surface area contributed by atoms with Crippen LogP contribution in [0.5, 0.6) is 0 Å². The summed E-state index contributed by atoms with van der Waals surface area (Å²) in [6.07, 6.45) is 4.88. The van der Waals surface area contributed by atoms with Gasteiger partial charge in [-0.25, -0.2) is 9.97 Å². The number of benzene rings is 1. The van der Waals surface area contributed by atoms with Crippen molar-refractivity contribution in [2.24, 2.45) is 16.9 Å². The maximum absolute atomic E-state index is 11.8. The molecule has 5 rings (SSSR count). The number of hydrogen-bond acceptors (Lipinski definition) is 7. The molecule has 1 amide bonds. The number of nitrogens with one attached hydrogen (secondary N) is 1. The molecule has 9 nitrogen and oxygen atoms in total. The molecule has 0 unspecified atom stereocenters. The first-order valence-electron chi connectivity index (χ1n) is 11.1. The number of likely N-dealkylation sites (N-methyl/N-ethyl adjacent to an activating group) is 1. The molecule has 0 radical (unpaired) electrons. The zero-order valence-electron chi connectivity index (χ0n) is 18.8. The molecule has 3 heterocycles. The van der Waals surface area contributed by atoms with Gasteiger partial charge in [0.15, 0.2) is 17.0 Å². The second-order valence-corrected chi connectivity index (χ2v) is 9.66. The summed E-state index contributed by atoms with van der Waals surface area (Å²) in [4.78, 5) is 25.2. The minimum atomic E-state index is -0.902. The van der Waals surface area contributed by atoms with Gasteiger partial charge in [0.25, 0.3) is 0 Å². The predicted molar refractivity (Wildman–Crippen MR) is 124 cm³/mol. The van der Waals surface area contributed by atoms with Crippen molar-refractivity contribution < 1.29 is 4.79 Å². The van der Waals surface area contributed by atoms with Crippen molar-refractivity contribution in [2.75, 3.05) is 29.9 Å². The van der Waals surface area contributed by atoms with Crippen LogP contribution >= 0.6 is 0 Å². The van der Waals surface area contributed by atoms with Crippen LogP contribution in [-0.2, 0) is 11.2 Å². The number of hydrogen-bond donors (Lipinski definition) is 3. The molecule has 32 heavy (non-hydrogen) atoms. The van der Waals surface area contributed by atoms with E-state index < -0.39 is 11.4 Å². The summed E-state index contributed by atoms with van der Waals surface area (Å²) >= 11 is 0. The third kappa shape index (κ3) is 3.02. The highest BCUT2D eigenvalue weighted by Gasteiger charge is 2.46. The Bertz CT molecular complexity index is 1180. The molecule has 1 saturated heterocycles. The first-order chi connectivity index (χ1) is 15.2. The maximum Gasteiger partial charge on any atom is 0.242 e. The van der Waals surface area contributed by atoms with E-state index in [4.69, 9.17) is 16.5 Å². The van der Waals surface area contributed by atoms with E-state index in [1.165, 1.54) is 11.1 Å². The Balaban J connectivity index is 1.35. The van der Waals surface area contributed by atoms with Gasteiger partial charge in [-0.2, -0.15) is 5.10 Å². The second-order valence-electron chi connectivity index (χ2n) is 9.66. The fraction of sp³-hybridized carbons (Fsp3) is 0.478. The number of carbonyl (C=O) groups excluding carboxylic acids is 1. The van der Waals surface area contributed by atoms with Gasteiger partial charge >= 0.3 is 0 Å². The third-order valence-corrected chi connectivity index (χ3v) is 7.67. The van der Waals surface area contributed by atoms with Gasteiger partial charge in [0.1, 0.15) is 11.4 Å². The summed E-state index contributed by atoms with van der Waals surface area (Å²) in [6, 6.07) is 8.66. The molecule has 0 saturated carbocycles. The fourth-order valence-corrected chi connectivity index (χ4v) is 5.08. The van der Waals surface area contributed by atoms with E-state index in [2.05, 4.69) is 44.3 Å². The van der Waals surface area contributed by atoms with Crippen molar-refractivity contribution in [3.8, 4) is 0 Å². The molecule has 5 N–H and O–H groups in total. The van der Waals surface area contributed by atoms with Crippen LogP contribution in [-0.4, -0.2) is 51.7 Å². The van der Waals surface area contributed by atoms with Gasteiger partial charge in [-0.15, -0.1) is 0 Å². The van der Waals surface area contributed by atoms with Crippen LogP contribution < -0.4 is 21.3 Å². The van der Waals surface area contributed by atoms with Gasteiger partial charge in [-0.05, 0) is 49.7 Å². The van der Waals surface area contributed by atoms with Crippen molar-refractivity contribution in [3.63, 3.8) is 0 Å². The Labute approximate surface area is 187 Å². The number of piperidine rings is 1. The van der Waals surface area contributed by atoms with Crippen LogP contribution in [0.2, 0.25) is 0 Å². The summed E-state index contributed by atoms with van der Waals surface area (Å²) < 4.78 is 0. The molecule has 9 heteroatoms. The van der Waals surface area contributed by atoms with Gasteiger partial charge in [-0.1, -0.05) is 24.3 Å². The Morgan fingerprint density at radius 3 is 2.69 bits per heavy atom. The smallest absolute Gasteiger partial charge is 0.242 e. The zero-order valence-corrected chi connectivity index (χ0v) is 18.8. The molecule has 3 aromatic rings. The fourth-order valence-electron chi connectivity index (χ4n) is 5.08. The molecule has 1 aliphatic heterocycles. The molecule has 2 aromatic heterocycles. The van der Waals surface area contributed by atoms with Gasteiger partial charge in [0.2, 0.25) is 5.91 Å². The van der Waals surface area contributed by atoms with Crippen LogP contribution in [0.15, 0.2) is 30.5 Å². The lowest BCUT2D eigenvalue weighted by Gasteiger charge is -2.42. The van der Waals surface area contributed by atoms with Gasteiger partial charge < -0.3 is 21.3 Å². The normalized spacial score (nSPS) is 20.0. The molecular weight excluding hydrogens is 404 g/mol. The van der Waals surface area contributed by atoms with E-state index in [0.717, 1.165) is 38.2 Å². The molecule has 1 aliphatic carbocycles. The molecule has 168 valence electrons. The number of primary amides is 1. The van der Waals surface area contributed by atoms with Gasteiger partial charge in [0, 0.05) is 26.2 Å². The van der Waals surface area contributed by atoms with Crippen LogP contribution in [0, 0.1) is 5.41 Å². The molecule has 0 bridgehead atoms. The highest BCUT2D eigenvalue weighted by molar-refractivity contribution is 5.91. The number of amides is 1. The van der Waals surface area contributed by atoms with E-state index in [-0.39, 0.29) is 11.5 Å². The quantitative estimate of drug-likeness (QED) is 0.572. The van der Waals surface area contributed by atoms with Crippen LogP contribution in [0.4, 0.5) is 11.6 Å². The van der Waals surface area contributed by atoms with E-state index in [1.807, 2.05) is 0 Å². The summed E-state index contributed by atoms with van der Waals surface area (Å²) in [5, 5.41) is 7.32. The number of fused-ring (bicyclic) bond motifs is 2. The van der Waals surface area contributed by atoms with Crippen molar-refractivity contribution in [1.82, 2.24) is 20.2 Å². The van der Waals surface area contributed by atoms with E-state index >= 15 is 0 Å². The molecule has 2 aliphatic rings. The monoisotopic (exact) mass is 434 g/mol. The predicted octanol–water partition coefficient (Wildman–Crippen LogP) is 1.90. The Morgan fingerprint density at radius 1 is 1.28 bits per heavy atom. The maximum atomic E-state index is 11.8. The summed E-state index contributed by atoms with van der Waals surface area (Å²) in [5.41, 5.74) is 15.4.